The largest absolute Gasteiger partial charge is 0.482 e. The molecule has 3 aromatic rings. The number of ether oxygens (including phenoxy) is 2. The molecule has 31 heavy (non-hydrogen) atoms. The maximum absolute atomic E-state index is 13.2. The van der Waals surface area contributed by atoms with Crippen molar-refractivity contribution in [2.75, 3.05) is 13.7 Å². The number of methoxy groups -OCH3 is 1. The average molecular weight is 419 g/mol. The molecule has 0 atom stereocenters. The average Bonchev–Trinajstić information content (AvgIpc) is 2.83. The van der Waals surface area contributed by atoms with Crippen LogP contribution in [0.15, 0.2) is 58.4 Å². The highest BCUT2D eigenvalue weighted by atomic mass is 16.6. The second kappa shape index (κ2) is 9.55. The molecule has 0 spiro atoms. The summed E-state index contributed by atoms with van der Waals surface area (Å²) in [6.07, 6.45) is 7.20. The summed E-state index contributed by atoms with van der Waals surface area (Å²) >= 11 is 0. The number of benzene rings is 2. The highest BCUT2D eigenvalue weighted by molar-refractivity contribution is 5.80. The monoisotopic (exact) mass is 419 g/mol. The van der Waals surface area contributed by atoms with Gasteiger partial charge >= 0.3 is 5.97 Å². The second-order valence-corrected chi connectivity index (χ2v) is 7.62. The van der Waals surface area contributed by atoms with E-state index >= 15 is 0 Å². The van der Waals surface area contributed by atoms with Crippen molar-refractivity contribution in [2.45, 2.75) is 38.0 Å². The fraction of sp³-hybridized carbons (Fsp3) is 0.333. The van der Waals surface area contributed by atoms with E-state index in [1.807, 2.05) is 30.3 Å². The highest BCUT2D eigenvalue weighted by Crippen LogP contribution is 2.31. The van der Waals surface area contributed by atoms with Crippen molar-refractivity contribution in [3.63, 3.8) is 0 Å². The lowest BCUT2D eigenvalue weighted by Crippen LogP contribution is -2.25. The Balaban J connectivity index is 1.63. The molecule has 1 aliphatic carbocycles. The molecule has 4 rings (SSSR count). The maximum atomic E-state index is 13.2. The molecule has 1 aromatic heterocycles. The SMILES string of the molecule is COC(=O)COc1ccc(C=Nn2c(C3CCCCC3)nc3ccccc3c2=O)cc1. The molecule has 1 aliphatic rings. The van der Waals surface area contributed by atoms with Crippen molar-refractivity contribution in [2.24, 2.45) is 5.10 Å². The fourth-order valence-corrected chi connectivity index (χ4v) is 3.85. The van der Waals surface area contributed by atoms with Crippen LogP contribution in [0.5, 0.6) is 5.75 Å². The van der Waals surface area contributed by atoms with E-state index in [2.05, 4.69) is 9.84 Å². The summed E-state index contributed by atoms with van der Waals surface area (Å²) in [4.78, 5) is 29.2. The van der Waals surface area contributed by atoms with Crippen LogP contribution in [0, 0.1) is 0 Å². The third kappa shape index (κ3) is 4.82. The number of carbonyl (C=O) groups is 1. The normalized spacial score (nSPS) is 14.7. The Bertz CT molecular complexity index is 1150. The Kier molecular flexibility index (Phi) is 6.40. The van der Waals surface area contributed by atoms with Gasteiger partial charge in [-0.05, 0) is 54.8 Å². The van der Waals surface area contributed by atoms with Crippen LogP contribution in [-0.4, -0.2) is 35.6 Å². The number of carbonyl (C=O) groups excluding carboxylic acids is 1. The Labute approximate surface area is 180 Å². The van der Waals surface area contributed by atoms with E-state index in [9.17, 15) is 9.59 Å². The van der Waals surface area contributed by atoms with Gasteiger partial charge < -0.3 is 9.47 Å². The van der Waals surface area contributed by atoms with E-state index in [1.165, 1.54) is 18.2 Å². The summed E-state index contributed by atoms with van der Waals surface area (Å²) in [6.45, 7) is -0.146. The van der Waals surface area contributed by atoms with E-state index in [1.54, 1.807) is 24.4 Å². The summed E-state index contributed by atoms with van der Waals surface area (Å²) in [5.74, 6) is 1.08. The lowest BCUT2D eigenvalue weighted by Gasteiger charge is -2.22. The number of aromatic nitrogens is 2. The number of hydrogen-bond acceptors (Lipinski definition) is 6. The summed E-state index contributed by atoms with van der Waals surface area (Å²) < 4.78 is 11.4. The predicted octanol–water partition coefficient (Wildman–Crippen LogP) is 3.88. The van der Waals surface area contributed by atoms with Gasteiger partial charge in [0.05, 0.1) is 24.2 Å². The molecule has 0 amide bonds. The number of fused-ring (bicyclic) bond motifs is 1. The molecule has 160 valence electrons. The molecule has 0 saturated heterocycles. The summed E-state index contributed by atoms with van der Waals surface area (Å²) in [7, 11) is 1.32. The molecular weight excluding hydrogens is 394 g/mol. The van der Waals surface area contributed by atoms with Crippen LogP contribution in [0.2, 0.25) is 0 Å². The third-order valence-electron chi connectivity index (χ3n) is 5.54. The maximum Gasteiger partial charge on any atom is 0.343 e. The van der Waals surface area contributed by atoms with Gasteiger partial charge in [-0.2, -0.15) is 9.78 Å². The molecule has 0 N–H and O–H groups in total. The smallest absolute Gasteiger partial charge is 0.343 e. The molecule has 0 unspecified atom stereocenters. The van der Waals surface area contributed by atoms with Gasteiger partial charge in [-0.15, -0.1) is 0 Å². The number of hydrogen-bond donors (Lipinski definition) is 0. The molecule has 1 saturated carbocycles. The first-order chi connectivity index (χ1) is 15.2. The molecule has 7 nitrogen and oxygen atoms in total. The quantitative estimate of drug-likeness (QED) is 0.447. The highest BCUT2D eigenvalue weighted by Gasteiger charge is 2.22. The molecule has 2 aromatic carbocycles. The van der Waals surface area contributed by atoms with Crippen LogP contribution >= 0.6 is 0 Å². The minimum absolute atomic E-state index is 0.146. The van der Waals surface area contributed by atoms with Crippen LogP contribution in [0.25, 0.3) is 10.9 Å². The first-order valence-electron chi connectivity index (χ1n) is 10.5. The molecule has 0 bridgehead atoms. The standard InChI is InChI=1S/C24H25N3O4/c1-30-22(28)16-31-19-13-11-17(12-14-19)15-25-27-23(18-7-3-2-4-8-18)26-21-10-6-5-9-20(21)24(27)29/h5-6,9-15,18H,2-4,7-8,16H2,1H3. The van der Waals surface area contributed by atoms with Gasteiger partial charge in [0.15, 0.2) is 6.61 Å². The Morgan fingerprint density at radius 2 is 1.87 bits per heavy atom. The van der Waals surface area contributed by atoms with Crippen molar-refractivity contribution in [3.8, 4) is 5.75 Å². The van der Waals surface area contributed by atoms with Crippen LogP contribution in [-0.2, 0) is 9.53 Å². The van der Waals surface area contributed by atoms with Crippen molar-refractivity contribution in [1.29, 1.82) is 0 Å². The topological polar surface area (TPSA) is 82.8 Å². The van der Waals surface area contributed by atoms with E-state index in [0.717, 1.165) is 37.1 Å². The van der Waals surface area contributed by atoms with Crippen LogP contribution in [0.4, 0.5) is 0 Å². The lowest BCUT2D eigenvalue weighted by atomic mass is 9.88. The van der Waals surface area contributed by atoms with Gasteiger partial charge in [-0.25, -0.2) is 9.78 Å². The van der Waals surface area contributed by atoms with E-state index < -0.39 is 5.97 Å². The first kappa shape index (κ1) is 20.8. The predicted molar refractivity (Wildman–Crippen MR) is 119 cm³/mol. The summed E-state index contributed by atoms with van der Waals surface area (Å²) in [5, 5.41) is 5.08. The Hall–Kier alpha value is -3.48. The van der Waals surface area contributed by atoms with Crippen LogP contribution in [0.3, 0.4) is 0 Å². The van der Waals surface area contributed by atoms with Crippen LogP contribution < -0.4 is 10.3 Å². The molecule has 1 heterocycles. The molecule has 0 aliphatic heterocycles. The van der Waals surface area contributed by atoms with Gasteiger partial charge in [-0.3, -0.25) is 4.79 Å². The van der Waals surface area contributed by atoms with E-state index in [4.69, 9.17) is 9.72 Å². The van der Waals surface area contributed by atoms with Gasteiger partial charge in [0.1, 0.15) is 11.6 Å². The zero-order valence-corrected chi connectivity index (χ0v) is 17.5. The van der Waals surface area contributed by atoms with E-state index in [0.29, 0.717) is 16.7 Å². The Morgan fingerprint density at radius 3 is 2.61 bits per heavy atom. The number of rotatable bonds is 6. The zero-order chi connectivity index (χ0) is 21.6. The van der Waals surface area contributed by atoms with E-state index in [-0.39, 0.29) is 18.1 Å². The lowest BCUT2D eigenvalue weighted by molar-refractivity contribution is -0.142. The molecule has 1 fully saturated rings. The number of esters is 1. The van der Waals surface area contributed by atoms with Gasteiger partial charge in [0.25, 0.3) is 5.56 Å². The zero-order valence-electron chi connectivity index (χ0n) is 17.5. The minimum atomic E-state index is -0.441. The van der Waals surface area contributed by atoms with Gasteiger partial charge in [0, 0.05) is 5.92 Å². The van der Waals surface area contributed by atoms with Crippen molar-refractivity contribution < 1.29 is 14.3 Å². The molecule has 7 heteroatoms. The van der Waals surface area contributed by atoms with Crippen LogP contribution in [0.1, 0.15) is 49.4 Å². The molecule has 0 radical (unpaired) electrons. The van der Waals surface area contributed by atoms with Crippen molar-refractivity contribution in [3.05, 3.63) is 70.3 Å². The fourth-order valence-electron chi connectivity index (χ4n) is 3.85. The minimum Gasteiger partial charge on any atom is -0.482 e. The second-order valence-electron chi connectivity index (χ2n) is 7.62. The number of nitrogens with zero attached hydrogens (tertiary/aromatic N) is 3. The summed E-state index contributed by atoms with van der Waals surface area (Å²) in [5.41, 5.74) is 1.37. The molecular formula is C24H25N3O4. The summed E-state index contributed by atoms with van der Waals surface area (Å²) in [6, 6.07) is 14.5. The van der Waals surface area contributed by atoms with Gasteiger partial charge in [-0.1, -0.05) is 31.4 Å². The van der Waals surface area contributed by atoms with Crippen molar-refractivity contribution in [1.82, 2.24) is 9.66 Å². The van der Waals surface area contributed by atoms with Gasteiger partial charge in [0.2, 0.25) is 0 Å². The third-order valence-corrected chi connectivity index (χ3v) is 5.54. The van der Waals surface area contributed by atoms with Crippen molar-refractivity contribution >= 4 is 23.1 Å². The number of para-hydroxylation sites is 1. The Morgan fingerprint density at radius 1 is 1.13 bits per heavy atom. The first-order valence-corrected chi connectivity index (χ1v) is 10.5.